The van der Waals surface area contributed by atoms with Crippen LogP contribution in [0.2, 0.25) is 10.0 Å². The van der Waals surface area contributed by atoms with E-state index in [1.807, 2.05) is 25.1 Å². The van der Waals surface area contributed by atoms with Crippen molar-refractivity contribution in [3.05, 3.63) is 92.7 Å². The summed E-state index contributed by atoms with van der Waals surface area (Å²) in [6.45, 7) is 2.15. The Kier molecular flexibility index (Phi) is 6.36. The molecule has 1 aromatic heterocycles. The SMILES string of the molecule is Cc1ccc2nc(/C(C#N)=C/c3cc(Cl)c(OCc4ccc(C(=O)O)cc4)c(Cl)c3)[nH]c2c1. The predicted molar refractivity (Wildman–Crippen MR) is 129 cm³/mol. The van der Waals surface area contributed by atoms with E-state index in [0.29, 0.717) is 22.7 Å². The van der Waals surface area contributed by atoms with Gasteiger partial charge in [-0.2, -0.15) is 5.26 Å². The first-order valence-corrected chi connectivity index (χ1v) is 10.6. The quantitative estimate of drug-likeness (QED) is 0.308. The molecule has 0 saturated carbocycles. The van der Waals surface area contributed by atoms with E-state index in [1.54, 1.807) is 30.3 Å². The molecule has 4 rings (SSSR count). The summed E-state index contributed by atoms with van der Waals surface area (Å²) in [7, 11) is 0. The van der Waals surface area contributed by atoms with Gasteiger partial charge in [0.1, 0.15) is 18.5 Å². The lowest BCUT2D eigenvalue weighted by atomic mass is 10.1. The summed E-state index contributed by atoms with van der Waals surface area (Å²) in [6, 6.07) is 17.6. The van der Waals surface area contributed by atoms with Gasteiger partial charge < -0.3 is 14.8 Å². The van der Waals surface area contributed by atoms with Crippen molar-refractivity contribution in [2.75, 3.05) is 0 Å². The second-order valence-electron chi connectivity index (χ2n) is 7.38. The molecule has 0 spiro atoms. The minimum atomic E-state index is -0.994. The van der Waals surface area contributed by atoms with Crippen LogP contribution in [-0.4, -0.2) is 21.0 Å². The summed E-state index contributed by atoms with van der Waals surface area (Å²) in [5.41, 5.74) is 4.63. The molecule has 8 heteroatoms. The van der Waals surface area contributed by atoms with Gasteiger partial charge in [0.15, 0.2) is 5.75 Å². The lowest BCUT2D eigenvalue weighted by Crippen LogP contribution is -1.99. The Labute approximate surface area is 199 Å². The zero-order chi connectivity index (χ0) is 23.5. The van der Waals surface area contributed by atoms with Gasteiger partial charge in [-0.1, -0.05) is 41.4 Å². The molecule has 3 aromatic carbocycles. The van der Waals surface area contributed by atoms with Crippen LogP contribution < -0.4 is 4.74 Å². The number of ether oxygens (including phenoxy) is 1. The summed E-state index contributed by atoms with van der Waals surface area (Å²) in [5.74, 6) is -0.238. The Morgan fingerprint density at radius 1 is 1.15 bits per heavy atom. The molecule has 33 heavy (non-hydrogen) atoms. The smallest absolute Gasteiger partial charge is 0.335 e. The summed E-state index contributed by atoms with van der Waals surface area (Å²) >= 11 is 12.8. The Bertz CT molecular complexity index is 1410. The van der Waals surface area contributed by atoms with Crippen molar-refractivity contribution in [1.29, 1.82) is 5.26 Å². The number of carboxylic acid groups (broad SMARTS) is 1. The Morgan fingerprint density at radius 3 is 2.48 bits per heavy atom. The number of H-pyrrole nitrogens is 1. The molecule has 4 aromatic rings. The monoisotopic (exact) mass is 477 g/mol. The first kappa shape index (κ1) is 22.4. The maximum Gasteiger partial charge on any atom is 0.335 e. The average molecular weight is 478 g/mol. The van der Waals surface area contributed by atoms with Gasteiger partial charge in [0.25, 0.3) is 0 Å². The molecule has 0 bridgehead atoms. The Morgan fingerprint density at radius 2 is 1.85 bits per heavy atom. The molecule has 0 amide bonds. The molecule has 0 radical (unpaired) electrons. The van der Waals surface area contributed by atoms with Gasteiger partial charge in [-0.15, -0.1) is 0 Å². The minimum absolute atomic E-state index is 0.163. The van der Waals surface area contributed by atoms with Crippen molar-refractivity contribution in [2.45, 2.75) is 13.5 Å². The van der Waals surface area contributed by atoms with Crippen molar-refractivity contribution in [2.24, 2.45) is 0 Å². The van der Waals surface area contributed by atoms with Gasteiger partial charge in [0.05, 0.1) is 32.2 Å². The standard InChI is InChI=1S/C25H17Cl2N3O3/c1-14-2-7-21-22(8-14)30-24(29-21)18(12-28)9-16-10-19(26)23(20(27)11-16)33-13-15-3-5-17(6-4-15)25(31)32/h2-11H,13H2,1H3,(H,29,30)(H,31,32)/b18-9+. The van der Waals surface area contributed by atoms with Crippen LogP contribution in [0, 0.1) is 18.3 Å². The fourth-order valence-corrected chi connectivity index (χ4v) is 3.88. The zero-order valence-corrected chi connectivity index (χ0v) is 18.9. The molecule has 0 atom stereocenters. The van der Waals surface area contributed by atoms with Crippen molar-refractivity contribution in [3.63, 3.8) is 0 Å². The maximum atomic E-state index is 11.0. The van der Waals surface area contributed by atoms with Crippen LogP contribution in [0.15, 0.2) is 54.6 Å². The molecule has 1 heterocycles. The van der Waals surface area contributed by atoms with Crippen molar-refractivity contribution in [3.8, 4) is 11.8 Å². The van der Waals surface area contributed by atoms with Crippen LogP contribution in [0.3, 0.4) is 0 Å². The van der Waals surface area contributed by atoms with E-state index < -0.39 is 5.97 Å². The third-order valence-electron chi connectivity index (χ3n) is 4.93. The molecule has 6 nitrogen and oxygen atoms in total. The molecule has 164 valence electrons. The van der Waals surface area contributed by atoms with E-state index in [4.69, 9.17) is 33.0 Å². The van der Waals surface area contributed by atoms with Gasteiger partial charge in [-0.25, -0.2) is 9.78 Å². The summed E-state index contributed by atoms with van der Waals surface area (Å²) < 4.78 is 5.76. The molecule has 0 saturated heterocycles. The molecule has 2 N–H and O–H groups in total. The minimum Gasteiger partial charge on any atom is -0.486 e. The van der Waals surface area contributed by atoms with E-state index >= 15 is 0 Å². The van der Waals surface area contributed by atoms with E-state index in [0.717, 1.165) is 22.2 Å². The lowest BCUT2D eigenvalue weighted by Gasteiger charge is -2.11. The Balaban J connectivity index is 1.56. The lowest BCUT2D eigenvalue weighted by molar-refractivity contribution is 0.0697. The second kappa shape index (κ2) is 9.37. The van der Waals surface area contributed by atoms with Gasteiger partial charge in [0, 0.05) is 0 Å². The molecule has 0 unspecified atom stereocenters. The van der Waals surface area contributed by atoms with Crippen LogP contribution in [0.5, 0.6) is 5.75 Å². The number of rotatable bonds is 6. The number of halogens is 2. The number of hydrogen-bond donors (Lipinski definition) is 2. The number of nitrogens with zero attached hydrogens (tertiary/aromatic N) is 2. The number of nitriles is 1. The number of hydrogen-bond acceptors (Lipinski definition) is 4. The number of carbonyl (C=O) groups is 1. The molecule has 0 fully saturated rings. The average Bonchev–Trinajstić information content (AvgIpc) is 3.20. The number of aromatic nitrogens is 2. The largest absolute Gasteiger partial charge is 0.486 e. The highest BCUT2D eigenvalue weighted by molar-refractivity contribution is 6.37. The molecule has 0 aliphatic rings. The number of nitrogens with one attached hydrogen (secondary N) is 1. The third kappa shape index (κ3) is 5.01. The van der Waals surface area contributed by atoms with Crippen molar-refractivity contribution >= 4 is 51.9 Å². The number of aromatic carboxylic acids is 1. The van der Waals surface area contributed by atoms with E-state index in [9.17, 15) is 10.1 Å². The summed E-state index contributed by atoms with van der Waals surface area (Å²) in [5, 5.41) is 19.2. The Hall–Kier alpha value is -3.79. The highest BCUT2D eigenvalue weighted by atomic mass is 35.5. The number of allylic oxidation sites excluding steroid dienone is 1. The van der Waals surface area contributed by atoms with Crippen LogP contribution >= 0.6 is 23.2 Å². The zero-order valence-electron chi connectivity index (χ0n) is 17.4. The highest BCUT2D eigenvalue weighted by Gasteiger charge is 2.13. The van der Waals surface area contributed by atoms with E-state index in [2.05, 4.69) is 16.0 Å². The number of carboxylic acids is 1. The second-order valence-corrected chi connectivity index (χ2v) is 8.19. The highest BCUT2D eigenvalue weighted by Crippen LogP contribution is 2.36. The van der Waals surface area contributed by atoms with Gasteiger partial charge in [-0.05, 0) is 66.1 Å². The number of fused-ring (bicyclic) bond motifs is 1. The number of aryl methyl sites for hydroxylation is 1. The maximum absolute atomic E-state index is 11.0. The normalized spacial score (nSPS) is 11.4. The first-order chi connectivity index (χ1) is 15.8. The number of imidazole rings is 1. The van der Waals surface area contributed by atoms with Gasteiger partial charge in [0.2, 0.25) is 0 Å². The molecule has 0 aliphatic heterocycles. The van der Waals surface area contributed by atoms with Crippen LogP contribution in [0.25, 0.3) is 22.7 Å². The molecular formula is C25H17Cl2N3O3. The van der Waals surface area contributed by atoms with Crippen LogP contribution in [-0.2, 0) is 6.61 Å². The van der Waals surface area contributed by atoms with Crippen molar-refractivity contribution < 1.29 is 14.6 Å². The first-order valence-electron chi connectivity index (χ1n) is 9.86. The molecular weight excluding hydrogens is 461 g/mol. The number of benzene rings is 3. The predicted octanol–water partition coefficient (Wildman–Crippen LogP) is 6.52. The van der Waals surface area contributed by atoms with Crippen molar-refractivity contribution in [1.82, 2.24) is 9.97 Å². The van der Waals surface area contributed by atoms with Gasteiger partial charge >= 0.3 is 5.97 Å². The van der Waals surface area contributed by atoms with E-state index in [1.165, 1.54) is 12.1 Å². The topological polar surface area (TPSA) is 99.0 Å². The third-order valence-corrected chi connectivity index (χ3v) is 5.49. The van der Waals surface area contributed by atoms with Gasteiger partial charge in [-0.3, -0.25) is 0 Å². The van der Waals surface area contributed by atoms with Crippen LogP contribution in [0.1, 0.15) is 32.9 Å². The van der Waals surface area contributed by atoms with E-state index in [-0.39, 0.29) is 22.2 Å². The summed E-state index contributed by atoms with van der Waals surface area (Å²) in [4.78, 5) is 18.6. The fraction of sp³-hybridized carbons (Fsp3) is 0.0800. The van der Waals surface area contributed by atoms with Crippen LogP contribution in [0.4, 0.5) is 0 Å². The fourth-order valence-electron chi connectivity index (χ4n) is 3.27. The molecule has 0 aliphatic carbocycles. The summed E-state index contributed by atoms with van der Waals surface area (Å²) in [6.07, 6.45) is 1.65. The number of aromatic amines is 1.